The molecule has 3 rings (SSSR count). The van der Waals surface area contributed by atoms with Gasteiger partial charge < -0.3 is 10.1 Å². The molecular formula is C23H20ClF3N2O2. The molecule has 8 heteroatoms. The fraction of sp³-hybridized carbons (Fsp3) is 0.304. The Morgan fingerprint density at radius 1 is 1.19 bits per heavy atom. The molecule has 1 fully saturated rings. The molecule has 3 unspecified atom stereocenters. The van der Waals surface area contributed by atoms with E-state index >= 15 is 0 Å². The quantitative estimate of drug-likeness (QED) is 0.512. The van der Waals surface area contributed by atoms with Gasteiger partial charge in [-0.05, 0) is 35.6 Å². The number of hydrogen-bond acceptors (Lipinski definition) is 4. The summed E-state index contributed by atoms with van der Waals surface area (Å²) in [4.78, 5) is 12.6. The Kier molecular flexibility index (Phi) is 6.33. The van der Waals surface area contributed by atoms with Crippen LogP contribution in [0, 0.1) is 28.6 Å². The first-order valence-corrected chi connectivity index (χ1v) is 9.88. The summed E-state index contributed by atoms with van der Waals surface area (Å²) in [5.74, 6) is -2.27. The average Bonchev–Trinajstić information content (AvgIpc) is 3.26. The second-order valence-corrected chi connectivity index (χ2v) is 8.31. The van der Waals surface area contributed by atoms with Crippen LogP contribution in [0.25, 0.3) is 0 Å². The van der Waals surface area contributed by atoms with Crippen LogP contribution in [-0.4, -0.2) is 12.1 Å². The van der Waals surface area contributed by atoms with Gasteiger partial charge in [-0.25, -0.2) is 0 Å². The van der Waals surface area contributed by atoms with Crippen LogP contribution in [0.15, 0.2) is 65.7 Å². The van der Waals surface area contributed by atoms with Crippen molar-refractivity contribution in [3.05, 3.63) is 71.3 Å². The summed E-state index contributed by atoms with van der Waals surface area (Å²) in [6.07, 6.45) is -5.01. The number of halogens is 4. The van der Waals surface area contributed by atoms with Crippen molar-refractivity contribution in [3.8, 4) is 6.07 Å². The van der Waals surface area contributed by atoms with E-state index in [-0.39, 0.29) is 0 Å². The molecule has 0 heterocycles. The molecule has 2 aromatic rings. The van der Waals surface area contributed by atoms with Crippen LogP contribution in [0.4, 0.5) is 24.5 Å². The molecule has 162 valence electrons. The Morgan fingerprint density at radius 2 is 1.84 bits per heavy atom. The first kappa shape index (κ1) is 22.7. The molecule has 3 atom stereocenters. The zero-order valence-electron chi connectivity index (χ0n) is 16.8. The van der Waals surface area contributed by atoms with Crippen molar-refractivity contribution in [1.29, 1.82) is 5.26 Å². The summed E-state index contributed by atoms with van der Waals surface area (Å²) in [6, 6.07) is 18.2. The maximum absolute atomic E-state index is 12.7. The van der Waals surface area contributed by atoms with E-state index in [1.54, 1.807) is 38.1 Å². The topological polar surface area (TPSA) is 62.1 Å². The van der Waals surface area contributed by atoms with Crippen molar-refractivity contribution in [2.75, 3.05) is 5.32 Å². The van der Waals surface area contributed by atoms with Gasteiger partial charge in [0, 0.05) is 16.9 Å². The van der Waals surface area contributed by atoms with E-state index < -0.39 is 40.5 Å². The van der Waals surface area contributed by atoms with Crippen LogP contribution >= 0.6 is 11.6 Å². The molecule has 4 nitrogen and oxygen atoms in total. The average molecular weight is 449 g/mol. The first-order valence-electron chi connectivity index (χ1n) is 9.50. The Balaban J connectivity index is 1.72. The number of carbonyl (C=O) groups is 1. The summed E-state index contributed by atoms with van der Waals surface area (Å²) in [6.45, 7) is 3.32. The molecule has 0 saturated heterocycles. The lowest BCUT2D eigenvalue weighted by molar-refractivity contribution is -0.149. The van der Waals surface area contributed by atoms with E-state index in [4.69, 9.17) is 16.3 Å². The fourth-order valence-electron chi connectivity index (χ4n) is 3.52. The third kappa shape index (κ3) is 5.20. The Bertz CT molecular complexity index is 1030. The summed E-state index contributed by atoms with van der Waals surface area (Å²) in [7, 11) is 0. The van der Waals surface area contributed by atoms with Gasteiger partial charge in [0.05, 0.1) is 5.92 Å². The number of allylic oxidation sites excluding steroid dienone is 2. The highest BCUT2D eigenvalue weighted by Crippen LogP contribution is 2.60. The fourth-order valence-corrected chi connectivity index (χ4v) is 3.65. The van der Waals surface area contributed by atoms with Gasteiger partial charge in [0.15, 0.2) is 0 Å². The van der Waals surface area contributed by atoms with Crippen LogP contribution in [-0.2, 0) is 9.53 Å². The third-order valence-corrected chi connectivity index (χ3v) is 5.70. The number of esters is 1. The smallest absolute Gasteiger partial charge is 0.426 e. The maximum Gasteiger partial charge on any atom is 0.426 e. The maximum atomic E-state index is 12.7. The highest BCUT2D eigenvalue weighted by atomic mass is 35.5. The minimum atomic E-state index is -4.67. The molecule has 0 bridgehead atoms. The molecular weight excluding hydrogens is 429 g/mol. The highest BCUT2D eigenvalue weighted by Gasteiger charge is 2.62. The monoisotopic (exact) mass is 448 g/mol. The van der Waals surface area contributed by atoms with Gasteiger partial charge in [-0.15, -0.1) is 0 Å². The second-order valence-electron chi connectivity index (χ2n) is 7.90. The van der Waals surface area contributed by atoms with Gasteiger partial charge in [0.25, 0.3) is 0 Å². The Labute approximate surface area is 183 Å². The molecule has 1 aliphatic carbocycles. The van der Waals surface area contributed by atoms with E-state index in [9.17, 15) is 23.2 Å². The summed E-state index contributed by atoms with van der Waals surface area (Å²) >= 11 is 5.33. The van der Waals surface area contributed by atoms with Gasteiger partial charge in [-0.2, -0.15) is 18.4 Å². The zero-order valence-corrected chi connectivity index (χ0v) is 17.5. The molecule has 2 aromatic carbocycles. The minimum absolute atomic E-state index is 0.454. The predicted molar refractivity (Wildman–Crippen MR) is 111 cm³/mol. The van der Waals surface area contributed by atoms with Gasteiger partial charge in [0.2, 0.25) is 6.10 Å². The van der Waals surface area contributed by atoms with Crippen LogP contribution in [0.2, 0.25) is 0 Å². The van der Waals surface area contributed by atoms with Gasteiger partial charge in [0.1, 0.15) is 11.1 Å². The lowest BCUT2D eigenvalue weighted by atomic mass is 10.1. The van der Waals surface area contributed by atoms with Crippen molar-refractivity contribution in [2.24, 2.45) is 17.3 Å². The molecule has 0 aromatic heterocycles. The molecule has 1 aliphatic rings. The van der Waals surface area contributed by atoms with Gasteiger partial charge >= 0.3 is 12.1 Å². The van der Waals surface area contributed by atoms with Crippen molar-refractivity contribution in [3.63, 3.8) is 0 Å². The summed E-state index contributed by atoms with van der Waals surface area (Å²) in [5, 5.41) is 11.5. The molecule has 0 radical (unpaired) electrons. The predicted octanol–water partition coefficient (Wildman–Crippen LogP) is 6.50. The molecule has 31 heavy (non-hydrogen) atoms. The van der Waals surface area contributed by atoms with Crippen LogP contribution in [0.5, 0.6) is 0 Å². The normalized spacial score (nSPS) is 21.0. The van der Waals surface area contributed by atoms with Gasteiger partial charge in [-0.1, -0.05) is 61.9 Å². The lowest BCUT2D eigenvalue weighted by Crippen LogP contribution is -2.14. The number of hydrogen-bond donors (Lipinski definition) is 1. The number of nitriles is 1. The summed E-state index contributed by atoms with van der Waals surface area (Å²) in [5.41, 5.74) is 1.25. The van der Waals surface area contributed by atoms with E-state index in [1.807, 2.05) is 36.4 Å². The number of carbonyl (C=O) groups excluding carboxylic acids is 1. The molecule has 0 spiro atoms. The van der Waals surface area contributed by atoms with E-state index in [2.05, 4.69) is 5.32 Å². The molecule has 0 aliphatic heterocycles. The van der Waals surface area contributed by atoms with E-state index in [1.165, 1.54) is 0 Å². The number of nitrogens with one attached hydrogen (secondary N) is 1. The number of rotatable bonds is 6. The van der Waals surface area contributed by atoms with Gasteiger partial charge in [-0.3, -0.25) is 4.79 Å². The third-order valence-electron chi connectivity index (χ3n) is 5.36. The number of para-hydroxylation sites is 1. The van der Waals surface area contributed by atoms with Crippen LogP contribution < -0.4 is 5.32 Å². The SMILES string of the molecule is CC1(C)C(C=C(Cl)C(F)(F)F)C1C(=O)OC(C#N)c1cccc(Nc2ccccc2)c1. The second kappa shape index (κ2) is 8.64. The first-order chi connectivity index (χ1) is 14.5. The van der Waals surface area contributed by atoms with E-state index in [0.29, 0.717) is 11.3 Å². The largest absolute Gasteiger partial charge is 0.442 e. The number of alkyl halides is 3. The van der Waals surface area contributed by atoms with Crippen LogP contribution in [0.1, 0.15) is 25.5 Å². The lowest BCUT2D eigenvalue weighted by Gasteiger charge is -2.14. The van der Waals surface area contributed by atoms with Crippen molar-refractivity contribution < 1.29 is 22.7 Å². The van der Waals surface area contributed by atoms with Crippen molar-refractivity contribution in [1.82, 2.24) is 0 Å². The number of benzene rings is 2. The summed E-state index contributed by atoms with van der Waals surface area (Å²) < 4.78 is 43.6. The molecule has 0 amide bonds. The Morgan fingerprint density at radius 3 is 2.45 bits per heavy atom. The minimum Gasteiger partial charge on any atom is -0.442 e. The van der Waals surface area contributed by atoms with Crippen LogP contribution in [0.3, 0.4) is 0 Å². The van der Waals surface area contributed by atoms with Crippen molar-refractivity contribution >= 4 is 28.9 Å². The molecule has 1 N–H and O–H groups in total. The van der Waals surface area contributed by atoms with E-state index in [0.717, 1.165) is 11.8 Å². The Hall–Kier alpha value is -2.98. The molecule has 1 saturated carbocycles. The number of nitrogens with zero attached hydrogens (tertiary/aromatic N) is 1. The standard InChI is InChI=1S/C23H20ClF3N2O2/c1-22(2)17(12-19(24)23(25,26)27)20(22)21(30)31-18(13-28)14-7-6-10-16(11-14)29-15-8-4-3-5-9-15/h3-12,17-18,20,29H,1-2H3. The zero-order chi connectivity index (χ0) is 22.8. The highest BCUT2D eigenvalue weighted by molar-refractivity contribution is 6.30. The number of anilines is 2. The number of ether oxygens (including phenoxy) is 1. The van der Waals surface area contributed by atoms with Crippen molar-refractivity contribution in [2.45, 2.75) is 26.1 Å².